The Labute approximate surface area is 199 Å². The third-order valence-electron chi connectivity index (χ3n) is 5.23. The number of imidazole rings is 1. The first-order valence-corrected chi connectivity index (χ1v) is 12.0. The molecule has 2 aromatic carbocycles. The van der Waals surface area contributed by atoms with Crippen molar-refractivity contribution in [2.45, 2.75) is 28.2 Å². The summed E-state index contributed by atoms with van der Waals surface area (Å²) in [5, 5.41) is 2.57. The van der Waals surface area contributed by atoms with Crippen LogP contribution in [-0.4, -0.2) is 30.9 Å². The number of nitrogens with one attached hydrogen (secondary N) is 1. The number of nitrogens with zero attached hydrogens (tertiary/aromatic N) is 3. The van der Waals surface area contributed by atoms with Crippen molar-refractivity contribution >= 4 is 45.8 Å². The standard InChI is InChI=1S/C24H20N4O3S2/c1-28-20(25-18-11-12-21(26-22(18)28)32-17-5-3-2-4-6-17)14-31-16-9-7-15(8-10-16)13-19-23(29)27-24(30)33-19/h2-12,19H,13-14H2,1H3,(H,27,29,30). The van der Waals surface area contributed by atoms with Gasteiger partial charge in [0.15, 0.2) is 5.65 Å². The van der Waals surface area contributed by atoms with E-state index in [0.717, 1.165) is 44.2 Å². The smallest absolute Gasteiger partial charge is 0.286 e. The van der Waals surface area contributed by atoms with Crippen molar-refractivity contribution in [3.63, 3.8) is 0 Å². The van der Waals surface area contributed by atoms with Crippen LogP contribution in [0.15, 0.2) is 76.7 Å². The molecular formula is C24H20N4O3S2. The van der Waals surface area contributed by atoms with Gasteiger partial charge in [-0.3, -0.25) is 14.9 Å². The van der Waals surface area contributed by atoms with Gasteiger partial charge in [-0.15, -0.1) is 0 Å². The Morgan fingerprint density at radius 1 is 1.03 bits per heavy atom. The number of imide groups is 1. The van der Waals surface area contributed by atoms with E-state index in [9.17, 15) is 9.59 Å². The molecule has 0 radical (unpaired) electrons. The maximum absolute atomic E-state index is 11.7. The molecule has 0 bridgehead atoms. The average molecular weight is 477 g/mol. The summed E-state index contributed by atoms with van der Waals surface area (Å²) in [4.78, 5) is 33.6. The van der Waals surface area contributed by atoms with Gasteiger partial charge in [0.25, 0.3) is 5.24 Å². The van der Waals surface area contributed by atoms with Crippen LogP contribution in [0.5, 0.6) is 5.75 Å². The monoisotopic (exact) mass is 476 g/mol. The van der Waals surface area contributed by atoms with Gasteiger partial charge in [-0.1, -0.05) is 53.9 Å². The lowest BCUT2D eigenvalue weighted by atomic mass is 10.1. The summed E-state index contributed by atoms with van der Waals surface area (Å²) in [6.07, 6.45) is 0.502. The second-order valence-electron chi connectivity index (χ2n) is 7.51. The Morgan fingerprint density at radius 3 is 2.55 bits per heavy atom. The molecule has 5 rings (SSSR count). The molecule has 3 heterocycles. The molecule has 1 aliphatic rings. The van der Waals surface area contributed by atoms with E-state index >= 15 is 0 Å². The zero-order chi connectivity index (χ0) is 22.8. The van der Waals surface area contributed by atoms with Gasteiger partial charge in [0.2, 0.25) is 5.91 Å². The number of carbonyl (C=O) groups is 2. The zero-order valence-electron chi connectivity index (χ0n) is 17.7. The van der Waals surface area contributed by atoms with Gasteiger partial charge >= 0.3 is 0 Å². The van der Waals surface area contributed by atoms with Gasteiger partial charge in [0.05, 0.1) is 5.25 Å². The van der Waals surface area contributed by atoms with Gasteiger partial charge in [-0.05, 0) is 48.4 Å². The van der Waals surface area contributed by atoms with Crippen molar-refractivity contribution in [3.05, 3.63) is 78.1 Å². The fraction of sp³-hybridized carbons (Fsp3) is 0.167. The summed E-state index contributed by atoms with van der Waals surface area (Å²) in [5.41, 5.74) is 2.61. The summed E-state index contributed by atoms with van der Waals surface area (Å²) >= 11 is 2.65. The molecule has 33 heavy (non-hydrogen) atoms. The van der Waals surface area contributed by atoms with Crippen molar-refractivity contribution in [2.75, 3.05) is 0 Å². The number of thioether (sulfide) groups is 1. The highest BCUT2D eigenvalue weighted by Crippen LogP contribution is 2.28. The Balaban J connectivity index is 1.24. The first kappa shape index (κ1) is 21.5. The highest BCUT2D eigenvalue weighted by Gasteiger charge is 2.31. The third-order valence-corrected chi connectivity index (χ3v) is 7.15. The van der Waals surface area contributed by atoms with Gasteiger partial charge in [-0.25, -0.2) is 9.97 Å². The van der Waals surface area contributed by atoms with E-state index in [1.165, 1.54) is 0 Å². The van der Waals surface area contributed by atoms with E-state index < -0.39 is 0 Å². The van der Waals surface area contributed by atoms with Crippen LogP contribution in [0.1, 0.15) is 11.4 Å². The SMILES string of the molecule is Cn1c(COc2ccc(CC3SC(=O)NC3=O)cc2)nc2ccc(Sc3ccccc3)nc21. The van der Waals surface area contributed by atoms with Crippen LogP contribution in [0.2, 0.25) is 0 Å². The van der Waals surface area contributed by atoms with Crippen molar-refractivity contribution < 1.29 is 14.3 Å². The number of rotatable bonds is 7. The second kappa shape index (κ2) is 9.29. The minimum absolute atomic E-state index is 0.230. The Morgan fingerprint density at radius 2 is 1.82 bits per heavy atom. The number of hydrogen-bond acceptors (Lipinski definition) is 7. The van der Waals surface area contributed by atoms with Crippen molar-refractivity contribution in [1.29, 1.82) is 0 Å². The van der Waals surface area contributed by atoms with Crippen molar-refractivity contribution in [3.8, 4) is 5.75 Å². The van der Waals surface area contributed by atoms with Gasteiger partial charge < -0.3 is 9.30 Å². The molecule has 9 heteroatoms. The number of carbonyl (C=O) groups excluding carboxylic acids is 2. The summed E-state index contributed by atoms with van der Waals surface area (Å²) < 4.78 is 7.89. The molecule has 0 aliphatic carbocycles. The Hall–Kier alpha value is -3.30. The summed E-state index contributed by atoms with van der Waals surface area (Å²) in [6.45, 7) is 0.308. The number of pyridine rings is 1. The number of fused-ring (bicyclic) bond motifs is 1. The van der Waals surface area contributed by atoms with Crippen LogP contribution in [-0.2, 0) is 24.9 Å². The van der Waals surface area contributed by atoms with Crippen LogP contribution in [0, 0.1) is 0 Å². The second-order valence-corrected chi connectivity index (χ2v) is 9.78. The lowest BCUT2D eigenvalue weighted by molar-refractivity contribution is -0.118. The molecule has 1 unspecified atom stereocenters. The van der Waals surface area contributed by atoms with Crippen LogP contribution in [0.25, 0.3) is 11.2 Å². The molecule has 1 aliphatic heterocycles. The van der Waals surface area contributed by atoms with Crippen LogP contribution < -0.4 is 10.1 Å². The minimum Gasteiger partial charge on any atom is -0.486 e. The molecule has 7 nitrogen and oxygen atoms in total. The molecule has 1 N–H and O–H groups in total. The first-order valence-electron chi connectivity index (χ1n) is 10.3. The lowest BCUT2D eigenvalue weighted by Gasteiger charge is -2.09. The predicted molar refractivity (Wildman–Crippen MR) is 128 cm³/mol. The van der Waals surface area contributed by atoms with Gasteiger partial charge in [-0.2, -0.15) is 0 Å². The quantitative estimate of drug-likeness (QED) is 0.417. The molecule has 0 saturated carbocycles. The highest BCUT2D eigenvalue weighted by molar-refractivity contribution is 8.15. The lowest BCUT2D eigenvalue weighted by Crippen LogP contribution is -2.25. The average Bonchev–Trinajstić information content (AvgIpc) is 3.31. The topological polar surface area (TPSA) is 86.1 Å². The largest absolute Gasteiger partial charge is 0.486 e. The first-order chi connectivity index (χ1) is 16.0. The van der Waals surface area contributed by atoms with E-state index in [-0.39, 0.29) is 16.4 Å². The Kier molecular flexibility index (Phi) is 6.06. The van der Waals surface area contributed by atoms with Crippen LogP contribution >= 0.6 is 23.5 Å². The third kappa shape index (κ3) is 4.89. The summed E-state index contributed by atoms with van der Waals surface area (Å²) in [5.74, 6) is 1.26. The normalized spacial score (nSPS) is 15.7. The van der Waals surface area contributed by atoms with Crippen molar-refractivity contribution in [1.82, 2.24) is 19.9 Å². The highest BCUT2D eigenvalue weighted by atomic mass is 32.2. The van der Waals surface area contributed by atoms with Gasteiger partial charge in [0, 0.05) is 11.9 Å². The molecule has 1 atom stereocenters. The molecule has 4 aromatic rings. The predicted octanol–water partition coefficient (Wildman–Crippen LogP) is 4.59. The summed E-state index contributed by atoms with van der Waals surface area (Å²) in [7, 11) is 1.94. The molecule has 1 fully saturated rings. The number of benzene rings is 2. The molecule has 2 aromatic heterocycles. The molecule has 0 spiro atoms. The fourth-order valence-corrected chi connectivity index (χ4v) is 5.16. The molecule has 2 amide bonds. The van der Waals surface area contributed by atoms with Crippen molar-refractivity contribution in [2.24, 2.45) is 7.05 Å². The minimum atomic E-state index is -0.373. The zero-order valence-corrected chi connectivity index (χ0v) is 19.4. The summed E-state index contributed by atoms with van der Waals surface area (Å²) in [6, 6.07) is 21.7. The number of aromatic nitrogens is 3. The Bertz CT molecular complexity index is 1320. The number of ether oxygens (including phenoxy) is 1. The van der Waals surface area contributed by atoms with E-state index in [1.807, 2.05) is 66.2 Å². The van der Waals surface area contributed by atoms with Gasteiger partial charge in [0.1, 0.15) is 28.7 Å². The van der Waals surface area contributed by atoms with E-state index in [1.54, 1.807) is 11.8 Å². The fourth-order valence-electron chi connectivity index (χ4n) is 3.50. The molecule has 166 valence electrons. The maximum atomic E-state index is 11.7. The number of aryl methyl sites for hydroxylation is 1. The molecule has 1 saturated heterocycles. The molecular weight excluding hydrogens is 456 g/mol. The van der Waals surface area contributed by atoms with E-state index in [2.05, 4.69) is 22.4 Å². The van der Waals surface area contributed by atoms with Crippen LogP contribution in [0.3, 0.4) is 0 Å². The van der Waals surface area contributed by atoms with E-state index in [4.69, 9.17) is 9.72 Å². The van der Waals surface area contributed by atoms with Crippen LogP contribution in [0.4, 0.5) is 4.79 Å². The number of hydrogen-bond donors (Lipinski definition) is 1. The van der Waals surface area contributed by atoms with E-state index in [0.29, 0.717) is 18.8 Å². The maximum Gasteiger partial charge on any atom is 0.286 e. The number of amides is 2.